The van der Waals surface area contributed by atoms with Crippen molar-refractivity contribution in [2.45, 2.75) is 38.8 Å². The van der Waals surface area contributed by atoms with Crippen molar-refractivity contribution in [1.82, 2.24) is 5.32 Å². The SMILES string of the molecule is CC(C)(C)OC(=O)NC1COc2c(I)csc2C1. The zero-order valence-corrected chi connectivity index (χ0v) is 13.6. The second-order valence-corrected chi connectivity index (χ2v) is 7.32. The van der Waals surface area contributed by atoms with Crippen molar-refractivity contribution in [3.8, 4) is 5.75 Å². The number of rotatable bonds is 1. The van der Waals surface area contributed by atoms with E-state index in [0.29, 0.717) is 6.61 Å². The molecule has 1 N–H and O–H groups in total. The van der Waals surface area contributed by atoms with E-state index in [1.54, 1.807) is 11.3 Å². The van der Waals surface area contributed by atoms with E-state index >= 15 is 0 Å². The van der Waals surface area contributed by atoms with Crippen molar-refractivity contribution in [3.05, 3.63) is 13.8 Å². The third-order valence-corrected chi connectivity index (χ3v) is 4.57. The lowest BCUT2D eigenvalue weighted by Gasteiger charge is -2.26. The molecule has 0 bridgehead atoms. The average molecular weight is 381 g/mol. The summed E-state index contributed by atoms with van der Waals surface area (Å²) in [5.41, 5.74) is -0.469. The number of hydrogen-bond donors (Lipinski definition) is 1. The van der Waals surface area contributed by atoms with Gasteiger partial charge in [0.2, 0.25) is 0 Å². The van der Waals surface area contributed by atoms with E-state index in [9.17, 15) is 4.79 Å². The molecule has 1 aliphatic heterocycles. The van der Waals surface area contributed by atoms with Crippen LogP contribution in [0.25, 0.3) is 0 Å². The van der Waals surface area contributed by atoms with E-state index in [2.05, 4.69) is 33.3 Å². The lowest BCUT2D eigenvalue weighted by atomic mass is 10.1. The van der Waals surface area contributed by atoms with Gasteiger partial charge in [-0.25, -0.2) is 4.79 Å². The molecule has 0 radical (unpaired) electrons. The van der Waals surface area contributed by atoms with E-state index < -0.39 is 5.60 Å². The Balaban J connectivity index is 1.92. The average Bonchev–Trinajstić information content (AvgIpc) is 2.57. The van der Waals surface area contributed by atoms with Crippen LogP contribution in [0.15, 0.2) is 5.38 Å². The largest absolute Gasteiger partial charge is 0.489 e. The molecule has 4 nitrogen and oxygen atoms in total. The van der Waals surface area contributed by atoms with Crippen LogP contribution in [-0.4, -0.2) is 24.3 Å². The van der Waals surface area contributed by atoms with Gasteiger partial charge in [-0.2, -0.15) is 0 Å². The van der Waals surface area contributed by atoms with Crippen molar-refractivity contribution in [2.75, 3.05) is 6.61 Å². The lowest BCUT2D eigenvalue weighted by Crippen LogP contribution is -2.44. The highest BCUT2D eigenvalue weighted by Crippen LogP contribution is 2.35. The summed E-state index contributed by atoms with van der Waals surface area (Å²) in [5, 5.41) is 4.91. The predicted molar refractivity (Wildman–Crippen MR) is 79.4 cm³/mol. The van der Waals surface area contributed by atoms with Crippen molar-refractivity contribution in [2.24, 2.45) is 0 Å². The normalized spacial score (nSPS) is 18.8. The summed E-state index contributed by atoms with van der Waals surface area (Å²) in [6, 6.07) is -0.0122. The monoisotopic (exact) mass is 381 g/mol. The highest BCUT2D eigenvalue weighted by atomic mass is 127. The molecule has 18 heavy (non-hydrogen) atoms. The molecule has 1 atom stereocenters. The van der Waals surface area contributed by atoms with Gasteiger partial charge in [0, 0.05) is 16.7 Å². The van der Waals surface area contributed by atoms with Gasteiger partial charge in [-0.05, 0) is 43.4 Å². The summed E-state index contributed by atoms with van der Waals surface area (Å²) in [6.07, 6.45) is 0.424. The molecular weight excluding hydrogens is 365 g/mol. The van der Waals surface area contributed by atoms with Crippen molar-refractivity contribution in [1.29, 1.82) is 0 Å². The molecule has 2 rings (SSSR count). The summed E-state index contributed by atoms with van der Waals surface area (Å²) in [6.45, 7) is 6.05. The second-order valence-electron chi connectivity index (χ2n) is 5.19. The number of thiophene rings is 1. The lowest BCUT2D eigenvalue weighted by molar-refractivity contribution is 0.0482. The van der Waals surface area contributed by atoms with E-state index in [-0.39, 0.29) is 12.1 Å². The third kappa shape index (κ3) is 3.50. The van der Waals surface area contributed by atoms with Crippen LogP contribution in [0, 0.1) is 3.57 Å². The molecule has 0 spiro atoms. The Hall–Kier alpha value is -0.500. The summed E-state index contributed by atoms with van der Waals surface area (Å²) in [7, 11) is 0. The van der Waals surface area contributed by atoms with Crippen LogP contribution in [0.5, 0.6) is 5.75 Å². The van der Waals surface area contributed by atoms with Gasteiger partial charge < -0.3 is 14.8 Å². The number of halogens is 1. The van der Waals surface area contributed by atoms with Gasteiger partial charge in [0.1, 0.15) is 18.0 Å². The molecule has 1 aromatic rings. The Morgan fingerprint density at radius 3 is 3.00 bits per heavy atom. The van der Waals surface area contributed by atoms with Crippen LogP contribution in [-0.2, 0) is 11.2 Å². The van der Waals surface area contributed by atoms with Gasteiger partial charge in [0.05, 0.1) is 9.61 Å². The van der Waals surface area contributed by atoms with Gasteiger partial charge in [0.25, 0.3) is 0 Å². The summed E-state index contributed by atoms with van der Waals surface area (Å²) in [5.74, 6) is 0.975. The maximum absolute atomic E-state index is 11.7. The molecule has 0 fully saturated rings. The number of nitrogens with one attached hydrogen (secondary N) is 1. The molecule has 2 heterocycles. The van der Waals surface area contributed by atoms with Crippen LogP contribution in [0.1, 0.15) is 25.6 Å². The second kappa shape index (κ2) is 5.24. The highest BCUT2D eigenvalue weighted by molar-refractivity contribution is 14.1. The molecule has 0 saturated heterocycles. The molecule has 0 saturated carbocycles. The van der Waals surface area contributed by atoms with E-state index in [1.807, 2.05) is 20.8 Å². The highest BCUT2D eigenvalue weighted by Gasteiger charge is 2.26. The third-order valence-electron chi connectivity index (χ3n) is 2.36. The molecule has 0 aromatic carbocycles. The van der Waals surface area contributed by atoms with Crippen molar-refractivity contribution < 1.29 is 14.3 Å². The molecule has 1 unspecified atom stereocenters. The zero-order chi connectivity index (χ0) is 13.3. The number of carbonyl (C=O) groups excluding carboxylic acids is 1. The Bertz CT molecular complexity index is 453. The van der Waals surface area contributed by atoms with E-state index in [1.165, 1.54) is 4.88 Å². The van der Waals surface area contributed by atoms with Crippen LogP contribution < -0.4 is 10.1 Å². The topological polar surface area (TPSA) is 47.6 Å². The Labute approximate surface area is 124 Å². The van der Waals surface area contributed by atoms with Crippen LogP contribution >= 0.6 is 33.9 Å². The number of alkyl carbamates (subject to hydrolysis) is 1. The number of amides is 1. The van der Waals surface area contributed by atoms with Crippen molar-refractivity contribution in [3.63, 3.8) is 0 Å². The standard InChI is InChI=1S/C12H16INO3S/c1-12(2,3)17-11(15)14-7-4-9-10(16-5-7)8(13)6-18-9/h6-7H,4-5H2,1-3H3,(H,14,15). The first-order valence-corrected chi connectivity index (χ1v) is 7.69. The number of ether oxygens (including phenoxy) is 2. The molecule has 100 valence electrons. The quantitative estimate of drug-likeness (QED) is 0.761. The minimum Gasteiger partial charge on any atom is -0.489 e. The summed E-state index contributed by atoms with van der Waals surface area (Å²) in [4.78, 5) is 12.8. The van der Waals surface area contributed by atoms with Crippen molar-refractivity contribution >= 4 is 40.0 Å². The first kappa shape index (κ1) is 13.9. The molecular formula is C12H16INO3S. The molecule has 1 aliphatic rings. The summed E-state index contributed by atoms with van der Waals surface area (Å²) >= 11 is 3.93. The van der Waals surface area contributed by atoms with Gasteiger partial charge in [-0.3, -0.25) is 0 Å². The van der Waals surface area contributed by atoms with Gasteiger partial charge in [-0.15, -0.1) is 11.3 Å². The fourth-order valence-electron chi connectivity index (χ4n) is 1.69. The maximum atomic E-state index is 11.7. The van der Waals surface area contributed by atoms with Crippen LogP contribution in [0.2, 0.25) is 0 Å². The molecule has 0 aliphatic carbocycles. The van der Waals surface area contributed by atoms with Crippen LogP contribution in [0.4, 0.5) is 4.79 Å². The van der Waals surface area contributed by atoms with E-state index in [0.717, 1.165) is 15.7 Å². The molecule has 1 amide bonds. The fraction of sp³-hybridized carbons (Fsp3) is 0.583. The van der Waals surface area contributed by atoms with Crippen LogP contribution in [0.3, 0.4) is 0 Å². The number of carbonyl (C=O) groups is 1. The fourth-order valence-corrected chi connectivity index (χ4v) is 3.66. The van der Waals surface area contributed by atoms with Gasteiger partial charge in [0.15, 0.2) is 0 Å². The molecule has 6 heteroatoms. The zero-order valence-electron chi connectivity index (χ0n) is 10.6. The maximum Gasteiger partial charge on any atom is 0.408 e. The minimum absolute atomic E-state index is 0.0122. The van der Waals surface area contributed by atoms with Gasteiger partial charge in [-0.1, -0.05) is 0 Å². The smallest absolute Gasteiger partial charge is 0.408 e. The summed E-state index contributed by atoms with van der Waals surface area (Å²) < 4.78 is 12.0. The minimum atomic E-state index is -0.469. The number of hydrogen-bond acceptors (Lipinski definition) is 4. The molecule has 1 aromatic heterocycles. The number of fused-ring (bicyclic) bond motifs is 1. The first-order valence-electron chi connectivity index (χ1n) is 5.73. The predicted octanol–water partition coefficient (Wildman–Crippen LogP) is 3.18. The first-order chi connectivity index (χ1) is 8.35. The Kier molecular flexibility index (Phi) is 4.05. The van der Waals surface area contributed by atoms with Gasteiger partial charge >= 0.3 is 6.09 Å². The Morgan fingerprint density at radius 1 is 1.61 bits per heavy atom. The van der Waals surface area contributed by atoms with E-state index in [4.69, 9.17) is 9.47 Å². The Morgan fingerprint density at radius 2 is 2.33 bits per heavy atom.